The minimum atomic E-state index is -0.557. The second-order valence-corrected chi connectivity index (χ2v) is 9.47. The van der Waals surface area contributed by atoms with E-state index >= 15 is 0 Å². The number of ether oxygens (including phenoxy) is 3. The SMILES string of the molecule is CCC(=O)N1c2ccccc2NC2=C(C(=O)C[C@@H](c3ccc(OC)c(OC)c3)C2)[C@H]1c1ccc(OC)cc1. The molecular formula is C31H32N2O5. The standard InChI is InChI=1S/C31H32N2O5/c1-5-29(35)33-25-9-7-6-8-23(25)32-24-16-21(20-12-15-27(37-3)28(18-20)38-4)17-26(34)30(24)31(33)19-10-13-22(36-2)14-11-19/h6-15,18,21,31-32H,5,16-17H2,1-4H3/t21-,31+/m0/s1. The third kappa shape index (κ3) is 4.49. The lowest BCUT2D eigenvalue weighted by Crippen LogP contribution is -2.38. The first-order chi connectivity index (χ1) is 18.5. The topological polar surface area (TPSA) is 77.1 Å². The molecule has 1 aliphatic carbocycles. The summed E-state index contributed by atoms with van der Waals surface area (Å²) in [5.74, 6) is 1.91. The van der Waals surface area contributed by atoms with Gasteiger partial charge in [0.15, 0.2) is 17.3 Å². The highest BCUT2D eigenvalue weighted by Crippen LogP contribution is 2.48. The van der Waals surface area contributed by atoms with Crippen LogP contribution in [-0.2, 0) is 9.59 Å². The highest BCUT2D eigenvalue weighted by Gasteiger charge is 2.41. The monoisotopic (exact) mass is 512 g/mol. The third-order valence-electron chi connectivity index (χ3n) is 7.37. The van der Waals surface area contributed by atoms with Crippen LogP contribution in [0.15, 0.2) is 78.0 Å². The maximum absolute atomic E-state index is 14.0. The van der Waals surface area contributed by atoms with Crippen molar-refractivity contribution in [2.75, 3.05) is 31.5 Å². The number of rotatable bonds is 6. The first kappa shape index (κ1) is 25.4. The molecule has 0 bridgehead atoms. The fourth-order valence-corrected chi connectivity index (χ4v) is 5.48. The van der Waals surface area contributed by atoms with Crippen LogP contribution >= 0.6 is 0 Å². The largest absolute Gasteiger partial charge is 0.497 e. The van der Waals surface area contributed by atoms with E-state index < -0.39 is 6.04 Å². The van der Waals surface area contributed by atoms with E-state index in [0.29, 0.717) is 42.1 Å². The summed E-state index contributed by atoms with van der Waals surface area (Å²) in [6.07, 6.45) is 1.25. The molecule has 1 aliphatic heterocycles. The second-order valence-electron chi connectivity index (χ2n) is 9.47. The lowest BCUT2D eigenvalue weighted by Gasteiger charge is -2.35. The molecule has 196 valence electrons. The zero-order chi connectivity index (χ0) is 26.8. The quantitative estimate of drug-likeness (QED) is 0.435. The van der Waals surface area contributed by atoms with Crippen molar-refractivity contribution in [3.05, 3.63) is 89.1 Å². The summed E-state index contributed by atoms with van der Waals surface area (Å²) in [6.45, 7) is 1.85. The van der Waals surface area contributed by atoms with Crippen molar-refractivity contribution in [2.24, 2.45) is 0 Å². The Labute approximate surface area is 223 Å². The van der Waals surface area contributed by atoms with E-state index in [1.54, 1.807) is 26.2 Å². The Morgan fingerprint density at radius 3 is 2.29 bits per heavy atom. The molecule has 7 nitrogen and oxygen atoms in total. The molecule has 0 saturated heterocycles. The molecule has 1 amide bonds. The van der Waals surface area contributed by atoms with Crippen LogP contribution in [0.3, 0.4) is 0 Å². The number of fused-ring (bicyclic) bond motifs is 1. The van der Waals surface area contributed by atoms with E-state index in [1.165, 1.54) is 0 Å². The van der Waals surface area contributed by atoms with E-state index in [1.807, 2.05) is 73.7 Å². The van der Waals surface area contributed by atoms with Gasteiger partial charge in [0.25, 0.3) is 0 Å². The summed E-state index contributed by atoms with van der Waals surface area (Å²) in [6, 6.07) is 20.6. The number of ketones is 1. The smallest absolute Gasteiger partial charge is 0.227 e. The summed E-state index contributed by atoms with van der Waals surface area (Å²) >= 11 is 0. The van der Waals surface area contributed by atoms with Gasteiger partial charge in [-0.15, -0.1) is 0 Å². The van der Waals surface area contributed by atoms with Gasteiger partial charge >= 0.3 is 0 Å². The molecule has 0 unspecified atom stereocenters. The summed E-state index contributed by atoms with van der Waals surface area (Å²) in [5, 5.41) is 3.56. The van der Waals surface area contributed by atoms with Crippen molar-refractivity contribution in [1.29, 1.82) is 0 Å². The fraction of sp³-hybridized carbons (Fsp3) is 0.290. The summed E-state index contributed by atoms with van der Waals surface area (Å²) in [5.41, 5.74) is 4.88. The lowest BCUT2D eigenvalue weighted by atomic mass is 9.78. The van der Waals surface area contributed by atoms with Gasteiger partial charge in [-0.05, 0) is 59.9 Å². The van der Waals surface area contributed by atoms with Crippen LogP contribution in [0.2, 0.25) is 0 Å². The molecule has 3 aromatic rings. The molecule has 0 radical (unpaired) electrons. The van der Waals surface area contributed by atoms with Crippen molar-refractivity contribution in [3.8, 4) is 17.2 Å². The third-order valence-corrected chi connectivity index (χ3v) is 7.37. The van der Waals surface area contributed by atoms with Gasteiger partial charge in [0.2, 0.25) is 5.91 Å². The number of nitrogens with zero attached hydrogens (tertiary/aromatic N) is 1. The number of anilines is 2. The van der Waals surface area contributed by atoms with Crippen molar-refractivity contribution < 1.29 is 23.8 Å². The molecule has 1 heterocycles. The van der Waals surface area contributed by atoms with Gasteiger partial charge in [0, 0.05) is 24.1 Å². The average Bonchev–Trinajstić information content (AvgIpc) is 3.11. The number of amides is 1. The highest BCUT2D eigenvalue weighted by molar-refractivity contribution is 6.06. The first-order valence-electron chi connectivity index (χ1n) is 12.8. The van der Waals surface area contributed by atoms with Gasteiger partial charge in [-0.25, -0.2) is 0 Å². The van der Waals surface area contributed by atoms with E-state index in [0.717, 1.165) is 28.2 Å². The van der Waals surface area contributed by atoms with Crippen molar-refractivity contribution in [1.82, 2.24) is 0 Å². The molecule has 0 spiro atoms. The molecule has 38 heavy (non-hydrogen) atoms. The molecule has 2 atom stereocenters. The number of benzene rings is 3. The Morgan fingerprint density at radius 2 is 1.61 bits per heavy atom. The Balaban J connectivity index is 1.66. The van der Waals surface area contributed by atoms with Crippen LogP contribution in [0.5, 0.6) is 17.2 Å². The van der Waals surface area contributed by atoms with Crippen LogP contribution in [0.25, 0.3) is 0 Å². The van der Waals surface area contributed by atoms with Gasteiger partial charge in [0.05, 0.1) is 38.7 Å². The zero-order valence-electron chi connectivity index (χ0n) is 22.1. The Bertz CT molecular complexity index is 1400. The molecule has 7 heteroatoms. The van der Waals surface area contributed by atoms with Crippen LogP contribution in [0.4, 0.5) is 11.4 Å². The van der Waals surface area contributed by atoms with Gasteiger partial charge < -0.3 is 19.5 Å². The number of hydrogen-bond donors (Lipinski definition) is 1. The number of nitrogens with one attached hydrogen (secondary N) is 1. The number of hydrogen-bond acceptors (Lipinski definition) is 6. The molecule has 2 aliphatic rings. The predicted molar refractivity (Wildman–Crippen MR) is 147 cm³/mol. The van der Waals surface area contributed by atoms with E-state index in [-0.39, 0.29) is 17.6 Å². The second kappa shape index (κ2) is 10.6. The molecule has 3 aromatic carbocycles. The number of carbonyl (C=O) groups excluding carboxylic acids is 2. The number of allylic oxidation sites excluding steroid dienone is 1. The van der Waals surface area contributed by atoms with E-state index in [9.17, 15) is 9.59 Å². The van der Waals surface area contributed by atoms with Crippen molar-refractivity contribution in [2.45, 2.75) is 38.1 Å². The van der Waals surface area contributed by atoms with Crippen LogP contribution in [0.1, 0.15) is 49.3 Å². The molecule has 5 rings (SSSR count). The van der Waals surface area contributed by atoms with E-state index in [2.05, 4.69) is 5.32 Å². The molecule has 0 saturated carbocycles. The van der Waals surface area contributed by atoms with Gasteiger partial charge in [-0.1, -0.05) is 37.3 Å². The minimum absolute atomic E-state index is 0.0149. The number of methoxy groups -OCH3 is 3. The lowest BCUT2D eigenvalue weighted by molar-refractivity contribution is -0.119. The first-order valence-corrected chi connectivity index (χ1v) is 12.8. The van der Waals surface area contributed by atoms with Gasteiger partial charge in [0.1, 0.15) is 5.75 Å². The number of Topliss-reactive ketones (excluding diaryl/α,β-unsaturated/α-hetero) is 1. The summed E-state index contributed by atoms with van der Waals surface area (Å²) < 4.78 is 16.3. The van der Waals surface area contributed by atoms with Crippen LogP contribution in [0, 0.1) is 0 Å². The van der Waals surface area contributed by atoms with Gasteiger partial charge in [-0.3, -0.25) is 14.5 Å². The molecule has 0 fully saturated rings. The summed E-state index contributed by atoms with van der Waals surface area (Å²) in [7, 11) is 4.83. The van der Waals surface area contributed by atoms with Crippen molar-refractivity contribution >= 4 is 23.1 Å². The minimum Gasteiger partial charge on any atom is -0.497 e. The zero-order valence-corrected chi connectivity index (χ0v) is 22.1. The fourth-order valence-electron chi connectivity index (χ4n) is 5.48. The highest BCUT2D eigenvalue weighted by atomic mass is 16.5. The van der Waals surface area contributed by atoms with Crippen LogP contribution in [-0.4, -0.2) is 33.0 Å². The number of para-hydroxylation sites is 2. The molecule has 1 N–H and O–H groups in total. The van der Waals surface area contributed by atoms with E-state index in [4.69, 9.17) is 14.2 Å². The summed E-state index contributed by atoms with van der Waals surface area (Å²) in [4.78, 5) is 29.3. The Hall–Kier alpha value is -4.26. The van der Waals surface area contributed by atoms with Gasteiger partial charge in [-0.2, -0.15) is 0 Å². The normalized spacial score (nSPS) is 18.6. The Kier molecular flexibility index (Phi) is 7.09. The Morgan fingerprint density at radius 1 is 0.895 bits per heavy atom. The van der Waals surface area contributed by atoms with Crippen molar-refractivity contribution in [3.63, 3.8) is 0 Å². The predicted octanol–water partition coefficient (Wildman–Crippen LogP) is 6.02. The van der Waals surface area contributed by atoms with Crippen LogP contribution < -0.4 is 24.4 Å². The molecular weight excluding hydrogens is 480 g/mol. The maximum Gasteiger partial charge on any atom is 0.227 e. The average molecular weight is 513 g/mol. The number of carbonyl (C=O) groups is 2. The maximum atomic E-state index is 14.0. The molecule has 0 aromatic heterocycles.